The lowest BCUT2D eigenvalue weighted by Crippen LogP contribution is -2.09. The normalized spacial score (nSPS) is 15.8. The lowest BCUT2D eigenvalue weighted by molar-refractivity contribution is 0.108. The number of ether oxygens (including phenoxy) is 1. The summed E-state index contributed by atoms with van der Waals surface area (Å²) in [7, 11) is 3.87. The fourth-order valence-corrected chi connectivity index (χ4v) is 1.66. The van der Waals surface area contributed by atoms with Crippen LogP contribution in [0, 0.1) is 0 Å². The Bertz CT molecular complexity index is 293. The van der Waals surface area contributed by atoms with Crippen molar-refractivity contribution in [3.63, 3.8) is 0 Å². The molecule has 2 heterocycles. The molecular weight excluding hydrogens is 154 g/mol. The Labute approximate surface area is 71.5 Å². The number of fused-ring (bicyclic) bond motifs is 1. The van der Waals surface area contributed by atoms with Gasteiger partial charge in [0.15, 0.2) is 0 Å². The van der Waals surface area contributed by atoms with Gasteiger partial charge in [0.1, 0.15) is 5.82 Å². The van der Waals surface area contributed by atoms with E-state index in [4.69, 9.17) is 4.74 Å². The molecule has 0 fully saturated rings. The standard InChI is InChI=1S/C8H13N3O/c1-9-8-6-3-4-12-5-7(6)10-11(8)2/h9H,3-5H2,1-2H3. The quantitative estimate of drug-likeness (QED) is 0.663. The van der Waals surface area contributed by atoms with E-state index in [-0.39, 0.29) is 0 Å². The van der Waals surface area contributed by atoms with Crippen LogP contribution < -0.4 is 5.32 Å². The van der Waals surface area contributed by atoms with Crippen LogP contribution in [0.1, 0.15) is 11.3 Å². The summed E-state index contributed by atoms with van der Waals surface area (Å²) in [6.45, 7) is 1.47. The third kappa shape index (κ3) is 0.992. The van der Waals surface area contributed by atoms with Gasteiger partial charge in [-0.3, -0.25) is 4.68 Å². The lowest BCUT2D eigenvalue weighted by Gasteiger charge is -2.11. The summed E-state index contributed by atoms with van der Waals surface area (Å²) in [5.41, 5.74) is 2.39. The maximum Gasteiger partial charge on any atom is 0.127 e. The predicted molar refractivity (Wildman–Crippen MR) is 46.1 cm³/mol. The molecule has 1 aliphatic rings. The maximum absolute atomic E-state index is 5.31. The van der Waals surface area contributed by atoms with E-state index >= 15 is 0 Å². The van der Waals surface area contributed by atoms with Crippen LogP contribution >= 0.6 is 0 Å². The largest absolute Gasteiger partial charge is 0.375 e. The second kappa shape index (κ2) is 2.79. The topological polar surface area (TPSA) is 39.1 Å². The molecular formula is C8H13N3O. The van der Waals surface area contributed by atoms with Gasteiger partial charge in [-0.15, -0.1) is 0 Å². The van der Waals surface area contributed by atoms with Crippen LogP contribution in [-0.2, 0) is 24.8 Å². The van der Waals surface area contributed by atoms with Gasteiger partial charge in [-0.25, -0.2) is 0 Å². The minimum Gasteiger partial charge on any atom is -0.375 e. The van der Waals surface area contributed by atoms with Crippen molar-refractivity contribution in [2.24, 2.45) is 7.05 Å². The first kappa shape index (κ1) is 7.61. The number of nitrogens with zero attached hydrogens (tertiary/aromatic N) is 2. The molecule has 0 bridgehead atoms. The van der Waals surface area contributed by atoms with Crippen LogP contribution in [0.25, 0.3) is 0 Å². The van der Waals surface area contributed by atoms with Crippen LogP contribution in [-0.4, -0.2) is 23.4 Å². The molecule has 4 nitrogen and oxygen atoms in total. The number of rotatable bonds is 1. The average Bonchev–Trinajstić information content (AvgIpc) is 2.40. The van der Waals surface area contributed by atoms with E-state index in [1.807, 2.05) is 18.8 Å². The number of nitrogens with one attached hydrogen (secondary N) is 1. The van der Waals surface area contributed by atoms with Gasteiger partial charge in [0.2, 0.25) is 0 Å². The first-order valence-corrected chi connectivity index (χ1v) is 4.13. The van der Waals surface area contributed by atoms with Crippen LogP contribution in [0.4, 0.5) is 5.82 Å². The van der Waals surface area contributed by atoms with Gasteiger partial charge in [-0.05, 0) is 0 Å². The third-order valence-electron chi connectivity index (χ3n) is 2.20. The highest BCUT2D eigenvalue weighted by molar-refractivity contribution is 5.47. The molecule has 0 unspecified atom stereocenters. The second-order valence-corrected chi connectivity index (χ2v) is 2.95. The molecule has 2 rings (SSSR count). The highest BCUT2D eigenvalue weighted by Crippen LogP contribution is 2.23. The van der Waals surface area contributed by atoms with E-state index in [9.17, 15) is 0 Å². The van der Waals surface area contributed by atoms with Gasteiger partial charge in [0.05, 0.1) is 18.9 Å². The van der Waals surface area contributed by atoms with E-state index < -0.39 is 0 Å². The molecule has 1 aromatic heterocycles. The molecule has 1 aromatic rings. The predicted octanol–water partition coefficient (Wildman–Crippen LogP) is 0.534. The molecule has 0 atom stereocenters. The summed E-state index contributed by atoms with van der Waals surface area (Å²) < 4.78 is 7.18. The zero-order valence-electron chi connectivity index (χ0n) is 7.42. The van der Waals surface area contributed by atoms with Crippen molar-refractivity contribution in [2.45, 2.75) is 13.0 Å². The zero-order chi connectivity index (χ0) is 8.55. The van der Waals surface area contributed by atoms with Crippen molar-refractivity contribution in [1.29, 1.82) is 0 Å². The van der Waals surface area contributed by atoms with Gasteiger partial charge in [0, 0.05) is 26.1 Å². The average molecular weight is 167 g/mol. The minimum absolute atomic E-state index is 0.658. The van der Waals surface area contributed by atoms with Gasteiger partial charge < -0.3 is 10.1 Å². The van der Waals surface area contributed by atoms with Gasteiger partial charge in [-0.1, -0.05) is 0 Å². The first-order chi connectivity index (χ1) is 5.83. The van der Waals surface area contributed by atoms with Crippen molar-refractivity contribution in [2.75, 3.05) is 19.0 Å². The second-order valence-electron chi connectivity index (χ2n) is 2.95. The SMILES string of the molecule is CNc1c2c(nn1C)COCC2. The number of aromatic nitrogens is 2. The molecule has 1 aliphatic heterocycles. The van der Waals surface area contributed by atoms with E-state index in [1.54, 1.807) is 0 Å². The molecule has 12 heavy (non-hydrogen) atoms. The Morgan fingerprint density at radius 2 is 2.42 bits per heavy atom. The summed E-state index contributed by atoms with van der Waals surface area (Å²) in [4.78, 5) is 0. The Morgan fingerprint density at radius 1 is 1.58 bits per heavy atom. The Balaban J connectivity index is 2.46. The fraction of sp³-hybridized carbons (Fsp3) is 0.625. The van der Waals surface area contributed by atoms with E-state index in [0.29, 0.717) is 6.61 Å². The zero-order valence-corrected chi connectivity index (χ0v) is 7.42. The minimum atomic E-state index is 0.658. The molecule has 0 aromatic carbocycles. The van der Waals surface area contributed by atoms with Crippen molar-refractivity contribution in [1.82, 2.24) is 9.78 Å². The van der Waals surface area contributed by atoms with E-state index in [0.717, 1.165) is 24.5 Å². The van der Waals surface area contributed by atoms with Gasteiger partial charge >= 0.3 is 0 Å². The molecule has 0 radical (unpaired) electrons. The van der Waals surface area contributed by atoms with E-state index in [1.165, 1.54) is 5.56 Å². The highest BCUT2D eigenvalue weighted by atomic mass is 16.5. The summed E-state index contributed by atoms with van der Waals surface area (Å²) in [5.74, 6) is 1.12. The van der Waals surface area contributed by atoms with Gasteiger partial charge in [-0.2, -0.15) is 5.10 Å². The van der Waals surface area contributed by atoms with Crippen molar-refractivity contribution < 1.29 is 4.74 Å². The molecule has 0 aliphatic carbocycles. The molecule has 0 amide bonds. The van der Waals surface area contributed by atoms with Crippen molar-refractivity contribution in [3.8, 4) is 0 Å². The summed E-state index contributed by atoms with van der Waals surface area (Å²) in [6.07, 6.45) is 0.972. The van der Waals surface area contributed by atoms with E-state index in [2.05, 4.69) is 10.4 Å². The summed E-state index contributed by atoms with van der Waals surface area (Å²) >= 11 is 0. The molecule has 0 saturated heterocycles. The van der Waals surface area contributed by atoms with Crippen LogP contribution in [0.5, 0.6) is 0 Å². The van der Waals surface area contributed by atoms with Crippen LogP contribution in [0.15, 0.2) is 0 Å². The molecule has 66 valence electrons. The molecule has 4 heteroatoms. The smallest absolute Gasteiger partial charge is 0.127 e. The fourth-order valence-electron chi connectivity index (χ4n) is 1.66. The van der Waals surface area contributed by atoms with Crippen LogP contribution in [0.3, 0.4) is 0 Å². The first-order valence-electron chi connectivity index (χ1n) is 4.13. The van der Waals surface area contributed by atoms with Crippen molar-refractivity contribution >= 4 is 5.82 Å². The lowest BCUT2D eigenvalue weighted by atomic mass is 10.1. The molecule has 1 N–H and O–H groups in total. The molecule has 0 saturated carbocycles. The Morgan fingerprint density at radius 3 is 3.17 bits per heavy atom. The van der Waals surface area contributed by atoms with Crippen LogP contribution in [0.2, 0.25) is 0 Å². The van der Waals surface area contributed by atoms with Crippen molar-refractivity contribution in [3.05, 3.63) is 11.3 Å². The number of hydrogen-bond donors (Lipinski definition) is 1. The monoisotopic (exact) mass is 167 g/mol. The summed E-state index contributed by atoms with van der Waals surface area (Å²) in [5, 5.41) is 7.50. The number of aryl methyl sites for hydroxylation is 1. The highest BCUT2D eigenvalue weighted by Gasteiger charge is 2.18. The molecule has 0 spiro atoms. The van der Waals surface area contributed by atoms with Gasteiger partial charge in [0.25, 0.3) is 0 Å². The maximum atomic E-state index is 5.31. The Hall–Kier alpha value is -1.03. The summed E-state index contributed by atoms with van der Waals surface area (Å²) in [6, 6.07) is 0. The Kier molecular flexibility index (Phi) is 1.77. The third-order valence-corrected chi connectivity index (χ3v) is 2.20. The number of hydrogen-bond acceptors (Lipinski definition) is 3. The number of anilines is 1.